The van der Waals surface area contributed by atoms with Gasteiger partial charge in [-0.2, -0.15) is 0 Å². The van der Waals surface area contributed by atoms with Gasteiger partial charge in [-0.3, -0.25) is 0 Å². The predicted molar refractivity (Wildman–Crippen MR) is 117 cm³/mol. The summed E-state index contributed by atoms with van der Waals surface area (Å²) in [5.74, 6) is 2.36. The molecule has 0 aromatic heterocycles. The summed E-state index contributed by atoms with van der Waals surface area (Å²) in [6.45, 7) is 12.1. The molecule has 1 aromatic carbocycles. The highest BCUT2D eigenvalue weighted by Gasteiger charge is 2.49. The number of allylic oxidation sites excluding steroid dienone is 4. The molecule has 1 nitrogen and oxygen atoms in total. The highest BCUT2D eigenvalue weighted by atomic mass is 28.3. The van der Waals surface area contributed by atoms with Crippen LogP contribution in [0.4, 0.5) is 0 Å². The summed E-state index contributed by atoms with van der Waals surface area (Å²) in [5, 5.41) is 0. The van der Waals surface area contributed by atoms with Crippen LogP contribution in [0.2, 0.25) is 18.6 Å². The number of benzene rings is 1. The summed E-state index contributed by atoms with van der Waals surface area (Å²) in [4.78, 5) is 4.05. The largest absolute Gasteiger partial charge is 0.332 e. The normalized spacial score (nSPS) is 28.3. The van der Waals surface area contributed by atoms with Crippen LogP contribution in [0.3, 0.4) is 0 Å². The van der Waals surface area contributed by atoms with Gasteiger partial charge in [0.25, 0.3) is 0 Å². The fraction of sp³-hybridized carbons (Fsp3) is 0.583. The first-order valence-electron chi connectivity index (χ1n) is 10.4. The van der Waals surface area contributed by atoms with Crippen LogP contribution in [0.5, 0.6) is 0 Å². The van der Waals surface area contributed by atoms with Gasteiger partial charge in [-0.15, -0.1) is 0 Å². The average Bonchev–Trinajstić information content (AvgIpc) is 2.94. The number of aryl methyl sites for hydroxylation is 1. The van der Waals surface area contributed by atoms with E-state index in [0.29, 0.717) is 0 Å². The maximum atomic E-state index is 4.05. The highest BCUT2D eigenvalue weighted by molar-refractivity contribution is 6.76. The molecule has 0 radical (unpaired) electrons. The van der Waals surface area contributed by atoms with Gasteiger partial charge in [-0.05, 0) is 75.3 Å². The van der Waals surface area contributed by atoms with Gasteiger partial charge in [0.15, 0.2) is 0 Å². The predicted octanol–water partition coefficient (Wildman–Crippen LogP) is 6.35. The molecule has 4 atom stereocenters. The number of fused-ring (bicyclic) bond motifs is 1. The molecule has 0 amide bonds. The molecule has 0 aliphatic heterocycles. The molecular formula is C24H37NSi. The summed E-state index contributed by atoms with van der Waals surface area (Å²) in [5.41, 5.74) is 2.54. The first kappa shape index (κ1) is 19.6. The van der Waals surface area contributed by atoms with Gasteiger partial charge in [0, 0.05) is 5.54 Å². The van der Waals surface area contributed by atoms with Crippen molar-refractivity contribution in [1.29, 1.82) is 0 Å². The van der Waals surface area contributed by atoms with E-state index in [0.717, 1.165) is 23.3 Å². The van der Waals surface area contributed by atoms with Crippen molar-refractivity contribution in [3.63, 3.8) is 0 Å². The lowest BCUT2D eigenvalue weighted by atomic mass is 9.83. The van der Waals surface area contributed by atoms with Crippen molar-refractivity contribution in [2.24, 2.45) is 17.8 Å². The summed E-state index contributed by atoms with van der Waals surface area (Å²) in [7, 11) is -1.49. The zero-order chi connectivity index (χ0) is 18.8. The summed E-state index contributed by atoms with van der Waals surface area (Å²) < 4.78 is 0. The molecule has 26 heavy (non-hydrogen) atoms. The fourth-order valence-electron chi connectivity index (χ4n) is 5.51. The van der Waals surface area contributed by atoms with Crippen molar-refractivity contribution in [2.75, 3.05) is 0 Å². The van der Waals surface area contributed by atoms with E-state index < -0.39 is 8.24 Å². The highest BCUT2D eigenvalue weighted by Crippen LogP contribution is 2.53. The molecule has 4 unspecified atom stereocenters. The number of rotatable bonds is 6. The zero-order valence-electron chi connectivity index (χ0n) is 17.3. The van der Waals surface area contributed by atoms with E-state index in [-0.39, 0.29) is 5.54 Å². The van der Waals surface area contributed by atoms with Crippen LogP contribution in [0.1, 0.15) is 45.6 Å². The second-order valence-corrected chi connectivity index (χ2v) is 14.4. The molecule has 1 aromatic rings. The Morgan fingerprint density at radius 2 is 1.65 bits per heavy atom. The van der Waals surface area contributed by atoms with Gasteiger partial charge in [0.1, 0.15) is 8.24 Å². The third-order valence-electron chi connectivity index (χ3n) is 6.30. The van der Waals surface area contributed by atoms with Gasteiger partial charge in [0.05, 0.1) is 0 Å². The SMILES string of the molecule is CC(C)(C)N[Si](C)(C)C1CC(CCCc2ccccc2)C2C=CC=CC21. The van der Waals surface area contributed by atoms with Crippen LogP contribution in [0.25, 0.3) is 0 Å². The van der Waals surface area contributed by atoms with E-state index in [4.69, 9.17) is 0 Å². The molecule has 1 fully saturated rings. The van der Waals surface area contributed by atoms with Crippen molar-refractivity contribution in [3.05, 3.63) is 60.2 Å². The molecule has 2 aliphatic rings. The van der Waals surface area contributed by atoms with Crippen molar-refractivity contribution >= 4 is 8.24 Å². The lowest BCUT2D eigenvalue weighted by Crippen LogP contribution is -2.57. The molecular weight excluding hydrogens is 330 g/mol. The molecule has 0 spiro atoms. The molecule has 1 saturated carbocycles. The molecule has 0 bridgehead atoms. The maximum absolute atomic E-state index is 4.05. The van der Waals surface area contributed by atoms with Gasteiger partial charge in [-0.25, -0.2) is 0 Å². The van der Waals surface area contributed by atoms with E-state index in [1.807, 2.05) is 0 Å². The van der Waals surface area contributed by atoms with Crippen LogP contribution >= 0.6 is 0 Å². The number of hydrogen-bond donors (Lipinski definition) is 1. The Balaban J connectivity index is 1.66. The molecule has 142 valence electrons. The van der Waals surface area contributed by atoms with E-state index >= 15 is 0 Å². The van der Waals surface area contributed by atoms with Crippen LogP contribution in [0.15, 0.2) is 54.6 Å². The minimum absolute atomic E-state index is 0.213. The molecule has 2 aliphatic carbocycles. The molecule has 0 saturated heterocycles. The van der Waals surface area contributed by atoms with Crippen LogP contribution in [0, 0.1) is 17.8 Å². The quantitative estimate of drug-likeness (QED) is 0.578. The second kappa shape index (κ2) is 7.86. The van der Waals surface area contributed by atoms with Gasteiger partial charge >= 0.3 is 0 Å². The van der Waals surface area contributed by atoms with Crippen LogP contribution in [-0.4, -0.2) is 13.8 Å². The monoisotopic (exact) mass is 367 g/mol. The third kappa shape index (κ3) is 4.78. The van der Waals surface area contributed by atoms with Gasteiger partial charge < -0.3 is 4.98 Å². The Morgan fingerprint density at radius 3 is 2.31 bits per heavy atom. The Kier molecular flexibility index (Phi) is 5.93. The lowest BCUT2D eigenvalue weighted by molar-refractivity contribution is 0.384. The Morgan fingerprint density at radius 1 is 1.00 bits per heavy atom. The Hall–Kier alpha value is -1.12. The van der Waals surface area contributed by atoms with E-state index in [1.165, 1.54) is 31.2 Å². The van der Waals surface area contributed by atoms with Crippen molar-refractivity contribution in [3.8, 4) is 0 Å². The standard InChI is InChI=1S/C24H37NSi/c1-24(2,3)25-26(4,5)23-18-20(21-16-9-10-17-22(21)23)15-11-14-19-12-7-6-8-13-19/h6-10,12-13,16-17,20-23,25H,11,14-15,18H2,1-5H3. The Labute approximate surface area is 162 Å². The smallest absolute Gasteiger partial charge is 0.123 e. The van der Waals surface area contributed by atoms with Crippen molar-refractivity contribution < 1.29 is 0 Å². The summed E-state index contributed by atoms with van der Waals surface area (Å²) >= 11 is 0. The van der Waals surface area contributed by atoms with Crippen molar-refractivity contribution in [1.82, 2.24) is 4.98 Å². The summed E-state index contributed by atoms with van der Waals surface area (Å²) in [6, 6.07) is 11.0. The average molecular weight is 368 g/mol. The minimum atomic E-state index is -1.49. The second-order valence-electron chi connectivity index (χ2n) is 10.0. The van der Waals surface area contributed by atoms with Gasteiger partial charge in [-0.1, -0.05) is 67.7 Å². The topological polar surface area (TPSA) is 12.0 Å². The molecule has 3 rings (SSSR count). The molecule has 1 N–H and O–H groups in total. The summed E-state index contributed by atoms with van der Waals surface area (Å²) in [6.07, 6.45) is 14.9. The first-order valence-corrected chi connectivity index (χ1v) is 13.5. The van der Waals surface area contributed by atoms with Crippen LogP contribution < -0.4 is 4.98 Å². The lowest BCUT2D eigenvalue weighted by Gasteiger charge is -2.40. The maximum Gasteiger partial charge on any atom is 0.123 e. The van der Waals surface area contributed by atoms with E-state index in [1.54, 1.807) is 0 Å². The van der Waals surface area contributed by atoms with Crippen molar-refractivity contribution in [2.45, 2.75) is 70.6 Å². The Bertz CT molecular complexity index is 638. The molecule has 2 heteroatoms. The van der Waals surface area contributed by atoms with E-state index in [9.17, 15) is 0 Å². The first-order chi connectivity index (χ1) is 12.3. The number of nitrogens with one attached hydrogen (secondary N) is 1. The minimum Gasteiger partial charge on any atom is -0.332 e. The zero-order valence-corrected chi connectivity index (χ0v) is 18.3. The van der Waals surface area contributed by atoms with Crippen LogP contribution in [-0.2, 0) is 6.42 Å². The van der Waals surface area contributed by atoms with E-state index in [2.05, 4.69) is 93.5 Å². The fourth-order valence-corrected chi connectivity index (χ4v) is 9.82. The van der Waals surface area contributed by atoms with Gasteiger partial charge in [0.2, 0.25) is 0 Å². The molecule has 0 heterocycles. The third-order valence-corrected chi connectivity index (χ3v) is 10.2. The number of hydrogen-bond acceptors (Lipinski definition) is 1.